The second-order valence-corrected chi connectivity index (χ2v) is 6.32. The molecule has 8 heteroatoms. The molecule has 1 saturated heterocycles. The molecular formula is C18H23N3O5. The molecule has 0 aliphatic carbocycles. The van der Waals surface area contributed by atoms with Crippen molar-refractivity contribution in [1.29, 1.82) is 0 Å². The molecule has 0 spiro atoms. The highest BCUT2D eigenvalue weighted by Crippen LogP contribution is 2.15. The van der Waals surface area contributed by atoms with Crippen LogP contribution in [0.4, 0.5) is 0 Å². The first-order chi connectivity index (χ1) is 12.6. The van der Waals surface area contributed by atoms with E-state index in [9.17, 15) is 9.59 Å². The Morgan fingerprint density at radius 2 is 2.31 bits per heavy atom. The maximum absolute atomic E-state index is 12.7. The molecule has 1 unspecified atom stereocenters. The van der Waals surface area contributed by atoms with Crippen molar-refractivity contribution in [1.82, 2.24) is 15.4 Å². The van der Waals surface area contributed by atoms with Crippen molar-refractivity contribution >= 4 is 11.8 Å². The van der Waals surface area contributed by atoms with E-state index in [1.165, 1.54) is 0 Å². The zero-order chi connectivity index (χ0) is 18.4. The summed E-state index contributed by atoms with van der Waals surface area (Å²) >= 11 is 0. The van der Waals surface area contributed by atoms with Gasteiger partial charge in [-0.3, -0.25) is 9.59 Å². The summed E-state index contributed by atoms with van der Waals surface area (Å²) in [6.07, 6.45) is 3.64. The predicted molar refractivity (Wildman–Crippen MR) is 91.3 cm³/mol. The Hall–Kier alpha value is -2.61. The average molecular weight is 361 g/mol. The highest BCUT2D eigenvalue weighted by atomic mass is 16.5. The summed E-state index contributed by atoms with van der Waals surface area (Å²) < 4.78 is 15.8. The summed E-state index contributed by atoms with van der Waals surface area (Å²) in [6, 6.07) is 5.16. The number of aromatic nitrogens is 1. The van der Waals surface area contributed by atoms with Crippen molar-refractivity contribution < 1.29 is 23.3 Å². The fourth-order valence-electron chi connectivity index (χ4n) is 2.86. The summed E-state index contributed by atoms with van der Waals surface area (Å²) in [6.45, 7) is 3.49. The van der Waals surface area contributed by atoms with Gasteiger partial charge in [-0.25, -0.2) is 0 Å². The van der Waals surface area contributed by atoms with E-state index in [0.29, 0.717) is 31.2 Å². The van der Waals surface area contributed by atoms with Crippen LogP contribution in [0.2, 0.25) is 0 Å². The van der Waals surface area contributed by atoms with Gasteiger partial charge < -0.3 is 23.9 Å². The Morgan fingerprint density at radius 3 is 2.96 bits per heavy atom. The van der Waals surface area contributed by atoms with Crippen LogP contribution in [0, 0.1) is 6.92 Å². The summed E-state index contributed by atoms with van der Waals surface area (Å²) in [5, 5.41) is 6.57. The molecule has 0 bridgehead atoms. The largest absolute Gasteiger partial charge is 0.467 e. The van der Waals surface area contributed by atoms with Crippen LogP contribution in [0.1, 0.15) is 41.3 Å². The van der Waals surface area contributed by atoms with E-state index in [2.05, 4.69) is 10.5 Å². The summed E-state index contributed by atoms with van der Waals surface area (Å²) in [7, 11) is 0. The van der Waals surface area contributed by atoms with Crippen molar-refractivity contribution in [2.45, 2.75) is 38.8 Å². The molecule has 1 aliphatic heterocycles. The Labute approximate surface area is 151 Å². The quantitative estimate of drug-likeness (QED) is 0.771. The number of ether oxygens (including phenoxy) is 1. The molecule has 0 radical (unpaired) electrons. The summed E-state index contributed by atoms with van der Waals surface area (Å²) in [5.74, 6) is 0.851. The molecule has 1 atom stereocenters. The van der Waals surface area contributed by atoms with Crippen LogP contribution in [-0.4, -0.2) is 47.7 Å². The molecule has 0 saturated carbocycles. The number of carbonyl (C=O) groups excluding carboxylic acids is 2. The molecule has 1 aliphatic rings. The van der Waals surface area contributed by atoms with Gasteiger partial charge in [-0.1, -0.05) is 5.16 Å². The molecule has 2 aromatic heterocycles. The Balaban J connectivity index is 1.55. The fraction of sp³-hybridized carbons (Fsp3) is 0.500. The number of rotatable bonds is 8. The van der Waals surface area contributed by atoms with E-state index in [-0.39, 0.29) is 36.6 Å². The minimum Gasteiger partial charge on any atom is -0.467 e. The van der Waals surface area contributed by atoms with Crippen molar-refractivity contribution in [2.75, 3.05) is 19.7 Å². The van der Waals surface area contributed by atoms with Crippen LogP contribution in [0.5, 0.6) is 0 Å². The zero-order valence-corrected chi connectivity index (χ0v) is 14.8. The monoisotopic (exact) mass is 361 g/mol. The first-order valence-electron chi connectivity index (χ1n) is 8.75. The van der Waals surface area contributed by atoms with Crippen LogP contribution in [-0.2, 0) is 16.1 Å². The third-order valence-corrected chi connectivity index (χ3v) is 4.23. The van der Waals surface area contributed by atoms with Crippen LogP contribution in [0.25, 0.3) is 0 Å². The SMILES string of the molecule is Cc1cc(C(=O)N(CCC(=O)NCc2ccco2)CC2CCCO2)no1. The predicted octanol–water partition coefficient (Wildman–Crippen LogP) is 1.90. The molecule has 26 heavy (non-hydrogen) atoms. The molecule has 1 fully saturated rings. The van der Waals surface area contributed by atoms with Crippen LogP contribution in [0.15, 0.2) is 33.4 Å². The van der Waals surface area contributed by atoms with Gasteiger partial charge in [0.2, 0.25) is 5.91 Å². The van der Waals surface area contributed by atoms with E-state index in [1.54, 1.807) is 36.3 Å². The molecule has 8 nitrogen and oxygen atoms in total. The standard InChI is InChI=1S/C18H23N3O5/c1-13-10-16(20-26-13)18(23)21(12-15-5-3-9-25-15)7-6-17(22)19-11-14-4-2-8-24-14/h2,4,8,10,15H,3,5-7,9,11-12H2,1H3,(H,19,22). The smallest absolute Gasteiger partial charge is 0.276 e. The molecule has 3 heterocycles. The molecule has 0 aromatic carbocycles. The van der Waals surface area contributed by atoms with Gasteiger partial charge in [0.25, 0.3) is 5.91 Å². The van der Waals surface area contributed by atoms with E-state index in [4.69, 9.17) is 13.7 Å². The van der Waals surface area contributed by atoms with Crippen molar-refractivity contribution in [3.8, 4) is 0 Å². The molecule has 2 amide bonds. The van der Waals surface area contributed by atoms with Crippen molar-refractivity contribution in [2.24, 2.45) is 0 Å². The number of hydrogen-bond acceptors (Lipinski definition) is 6. The number of nitrogens with one attached hydrogen (secondary N) is 1. The van der Waals surface area contributed by atoms with Gasteiger partial charge in [0.1, 0.15) is 11.5 Å². The lowest BCUT2D eigenvalue weighted by Crippen LogP contribution is -2.40. The molecular weight excluding hydrogens is 338 g/mol. The second kappa shape index (κ2) is 8.66. The Morgan fingerprint density at radius 1 is 1.42 bits per heavy atom. The van der Waals surface area contributed by atoms with E-state index < -0.39 is 0 Å². The maximum Gasteiger partial charge on any atom is 0.276 e. The number of furan rings is 1. The Kier molecular flexibility index (Phi) is 6.06. The van der Waals surface area contributed by atoms with Gasteiger partial charge in [-0.15, -0.1) is 0 Å². The number of carbonyl (C=O) groups is 2. The fourth-order valence-corrected chi connectivity index (χ4v) is 2.86. The normalized spacial score (nSPS) is 16.6. The van der Waals surface area contributed by atoms with Gasteiger partial charge in [0.05, 0.1) is 18.9 Å². The van der Waals surface area contributed by atoms with E-state index in [1.807, 2.05) is 0 Å². The minimum absolute atomic E-state index is 0.00173. The molecule has 3 rings (SSSR count). The third-order valence-electron chi connectivity index (χ3n) is 4.23. The lowest BCUT2D eigenvalue weighted by atomic mass is 10.2. The van der Waals surface area contributed by atoms with E-state index in [0.717, 1.165) is 12.8 Å². The number of hydrogen-bond donors (Lipinski definition) is 1. The molecule has 140 valence electrons. The average Bonchev–Trinajstić information content (AvgIpc) is 3.38. The highest BCUT2D eigenvalue weighted by molar-refractivity contribution is 5.92. The lowest BCUT2D eigenvalue weighted by Gasteiger charge is -2.24. The van der Waals surface area contributed by atoms with Crippen LogP contribution in [0.3, 0.4) is 0 Å². The maximum atomic E-state index is 12.7. The van der Waals surface area contributed by atoms with Crippen molar-refractivity contribution in [3.63, 3.8) is 0 Å². The minimum atomic E-state index is -0.254. The summed E-state index contributed by atoms with van der Waals surface area (Å²) in [5.41, 5.74) is 0.247. The third kappa shape index (κ3) is 4.95. The number of nitrogens with zero attached hydrogens (tertiary/aromatic N) is 2. The zero-order valence-electron chi connectivity index (χ0n) is 14.8. The Bertz CT molecular complexity index is 719. The topological polar surface area (TPSA) is 97.8 Å². The first kappa shape index (κ1) is 18.2. The molecule has 2 aromatic rings. The lowest BCUT2D eigenvalue weighted by molar-refractivity contribution is -0.121. The van der Waals surface area contributed by atoms with Crippen LogP contribution < -0.4 is 5.32 Å². The molecule has 1 N–H and O–H groups in total. The number of aryl methyl sites for hydroxylation is 1. The van der Waals surface area contributed by atoms with Crippen LogP contribution >= 0.6 is 0 Å². The van der Waals surface area contributed by atoms with Gasteiger partial charge in [0, 0.05) is 32.2 Å². The second-order valence-electron chi connectivity index (χ2n) is 6.32. The highest BCUT2D eigenvalue weighted by Gasteiger charge is 2.25. The summed E-state index contributed by atoms with van der Waals surface area (Å²) in [4.78, 5) is 26.4. The van der Waals surface area contributed by atoms with Gasteiger partial charge in [-0.2, -0.15) is 0 Å². The van der Waals surface area contributed by atoms with Gasteiger partial charge in [0.15, 0.2) is 5.69 Å². The number of amides is 2. The first-order valence-corrected chi connectivity index (χ1v) is 8.75. The van der Waals surface area contributed by atoms with Gasteiger partial charge in [-0.05, 0) is 31.9 Å². The van der Waals surface area contributed by atoms with E-state index >= 15 is 0 Å². The van der Waals surface area contributed by atoms with Gasteiger partial charge >= 0.3 is 0 Å². The van der Waals surface area contributed by atoms with Crippen molar-refractivity contribution in [3.05, 3.63) is 41.7 Å².